The smallest absolute Gasteiger partial charge is 0.338 e. The summed E-state index contributed by atoms with van der Waals surface area (Å²) in [6.45, 7) is 6.46. The van der Waals surface area contributed by atoms with E-state index >= 15 is 0 Å². The summed E-state index contributed by atoms with van der Waals surface area (Å²) < 4.78 is 10.8. The molecular weight excluding hydrogens is 266 g/mol. The number of benzene rings is 1. The highest BCUT2D eigenvalue weighted by molar-refractivity contribution is 5.90. The lowest BCUT2D eigenvalue weighted by Gasteiger charge is -2.12. The van der Waals surface area contributed by atoms with Crippen LogP contribution in [0.15, 0.2) is 18.2 Å². The monoisotopic (exact) mass is 293 g/mol. The molecule has 0 aliphatic carbocycles. The summed E-state index contributed by atoms with van der Waals surface area (Å²) in [6.07, 6.45) is 5.74. The van der Waals surface area contributed by atoms with E-state index in [1.165, 1.54) is 19.3 Å². The van der Waals surface area contributed by atoms with Gasteiger partial charge in [-0.15, -0.1) is 0 Å². The normalized spacial score (nSPS) is 10.7. The van der Waals surface area contributed by atoms with E-state index in [-0.39, 0.29) is 12.1 Å². The van der Waals surface area contributed by atoms with Crippen molar-refractivity contribution in [2.45, 2.75) is 59.0 Å². The minimum absolute atomic E-state index is 0.141. The highest BCUT2D eigenvalue weighted by atomic mass is 16.5. The predicted molar refractivity (Wildman–Crippen MR) is 85.7 cm³/mol. The van der Waals surface area contributed by atoms with Crippen molar-refractivity contribution in [3.63, 3.8) is 0 Å². The van der Waals surface area contributed by atoms with Gasteiger partial charge >= 0.3 is 5.97 Å². The Morgan fingerprint density at radius 3 is 2.57 bits per heavy atom. The molecule has 21 heavy (non-hydrogen) atoms. The Hall–Kier alpha value is -1.71. The summed E-state index contributed by atoms with van der Waals surface area (Å²) in [5, 5.41) is 0. The lowest BCUT2D eigenvalue weighted by Crippen LogP contribution is -2.12. The van der Waals surface area contributed by atoms with E-state index in [0.717, 1.165) is 12.8 Å². The number of esters is 1. The third kappa shape index (κ3) is 6.52. The van der Waals surface area contributed by atoms with Crippen molar-refractivity contribution in [1.29, 1.82) is 0 Å². The first-order valence-corrected chi connectivity index (χ1v) is 7.78. The minimum atomic E-state index is -0.349. The van der Waals surface area contributed by atoms with Crippen LogP contribution in [0, 0.1) is 0 Å². The number of nitrogens with two attached hydrogens (primary N) is 1. The molecule has 0 amide bonds. The summed E-state index contributed by atoms with van der Waals surface area (Å²) in [4.78, 5) is 11.8. The number of hydrogen-bond donors (Lipinski definition) is 1. The van der Waals surface area contributed by atoms with Crippen molar-refractivity contribution in [3.05, 3.63) is 23.8 Å². The summed E-state index contributed by atoms with van der Waals surface area (Å²) >= 11 is 0. The molecule has 4 heteroatoms. The van der Waals surface area contributed by atoms with Gasteiger partial charge in [0.15, 0.2) is 0 Å². The number of carbonyl (C=O) groups is 1. The zero-order valence-corrected chi connectivity index (χ0v) is 13.4. The van der Waals surface area contributed by atoms with Crippen molar-refractivity contribution in [3.8, 4) is 5.75 Å². The number of nitrogen functional groups attached to an aromatic ring is 1. The van der Waals surface area contributed by atoms with Crippen LogP contribution in [-0.2, 0) is 4.74 Å². The first-order valence-electron chi connectivity index (χ1n) is 7.78. The molecule has 1 aromatic carbocycles. The fourth-order valence-corrected chi connectivity index (χ4v) is 1.96. The van der Waals surface area contributed by atoms with Crippen LogP contribution in [0.1, 0.15) is 63.2 Å². The molecule has 0 unspecified atom stereocenters. The second-order valence-electron chi connectivity index (χ2n) is 5.47. The standard InChI is InChI=1S/C17H27NO3/c1-4-5-6-7-8-11-20-16-12-14(9-10-15(16)18)17(19)21-13(2)3/h9-10,12-13H,4-8,11,18H2,1-3H3. The molecule has 1 rings (SSSR count). The number of carbonyl (C=O) groups excluding carboxylic acids is 1. The molecule has 0 fully saturated rings. The van der Waals surface area contributed by atoms with E-state index in [0.29, 0.717) is 23.6 Å². The van der Waals surface area contributed by atoms with Crippen LogP contribution in [0.5, 0.6) is 5.75 Å². The predicted octanol–water partition coefficient (Wildman–Crippen LogP) is 4.18. The number of hydrogen-bond acceptors (Lipinski definition) is 4. The lowest BCUT2D eigenvalue weighted by molar-refractivity contribution is 0.0377. The molecule has 2 N–H and O–H groups in total. The van der Waals surface area contributed by atoms with E-state index in [1.54, 1.807) is 18.2 Å². The maximum atomic E-state index is 11.8. The quantitative estimate of drug-likeness (QED) is 0.421. The van der Waals surface area contributed by atoms with Gasteiger partial charge in [-0.3, -0.25) is 0 Å². The van der Waals surface area contributed by atoms with Crippen LogP contribution in [0.3, 0.4) is 0 Å². The van der Waals surface area contributed by atoms with Gasteiger partial charge in [-0.2, -0.15) is 0 Å². The molecule has 0 spiro atoms. The Balaban J connectivity index is 2.51. The molecule has 4 nitrogen and oxygen atoms in total. The molecule has 0 aliphatic heterocycles. The molecule has 118 valence electrons. The number of rotatable bonds is 9. The Bertz CT molecular complexity index is 444. The van der Waals surface area contributed by atoms with Gasteiger partial charge in [0.2, 0.25) is 0 Å². The Morgan fingerprint density at radius 2 is 1.90 bits per heavy atom. The van der Waals surface area contributed by atoms with E-state index in [9.17, 15) is 4.79 Å². The van der Waals surface area contributed by atoms with Gasteiger partial charge in [-0.25, -0.2) is 4.79 Å². The Kier molecular flexibility index (Phi) is 7.65. The third-order valence-electron chi connectivity index (χ3n) is 3.10. The van der Waals surface area contributed by atoms with E-state index in [4.69, 9.17) is 15.2 Å². The second kappa shape index (κ2) is 9.27. The van der Waals surface area contributed by atoms with Crippen LogP contribution >= 0.6 is 0 Å². The van der Waals surface area contributed by atoms with Gasteiger partial charge in [0.05, 0.1) is 24.0 Å². The zero-order chi connectivity index (χ0) is 15.7. The zero-order valence-electron chi connectivity index (χ0n) is 13.4. The molecule has 0 saturated heterocycles. The minimum Gasteiger partial charge on any atom is -0.491 e. The van der Waals surface area contributed by atoms with Gasteiger partial charge in [-0.05, 0) is 38.5 Å². The first-order chi connectivity index (χ1) is 10.0. The number of ether oxygens (including phenoxy) is 2. The first kappa shape index (κ1) is 17.3. The fourth-order valence-electron chi connectivity index (χ4n) is 1.96. The average molecular weight is 293 g/mol. The SMILES string of the molecule is CCCCCCCOc1cc(C(=O)OC(C)C)ccc1N. The van der Waals surface area contributed by atoms with Crippen molar-refractivity contribution >= 4 is 11.7 Å². The molecule has 0 aliphatic rings. The molecule has 1 aromatic rings. The Morgan fingerprint density at radius 1 is 1.19 bits per heavy atom. The van der Waals surface area contributed by atoms with Gasteiger partial charge in [0.25, 0.3) is 0 Å². The van der Waals surface area contributed by atoms with E-state index < -0.39 is 0 Å². The fraction of sp³-hybridized carbons (Fsp3) is 0.588. The average Bonchev–Trinajstić information content (AvgIpc) is 2.43. The molecule has 0 bridgehead atoms. The molecule has 0 aromatic heterocycles. The molecule has 0 atom stereocenters. The lowest BCUT2D eigenvalue weighted by atomic mass is 10.1. The van der Waals surface area contributed by atoms with Gasteiger partial charge in [0.1, 0.15) is 5.75 Å². The van der Waals surface area contributed by atoms with E-state index in [2.05, 4.69) is 6.92 Å². The molecule has 0 saturated carbocycles. The largest absolute Gasteiger partial charge is 0.491 e. The van der Waals surface area contributed by atoms with E-state index in [1.807, 2.05) is 13.8 Å². The molecule has 0 heterocycles. The second-order valence-corrected chi connectivity index (χ2v) is 5.47. The molecule has 0 radical (unpaired) electrons. The third-order valence-corrected chi connectivity index (χ3v) is 3.10. The van der Waals surface area contributed by atoms with Crippen LogP contribution in [0.4, 0.5) is 5.69 Å². The van der Waals surface area contributed by atoms with Crippen molar-refractivity contribution in [2.24, 2.45) is 0 Å². The van der Waals surface area contributed by atoms with Crippen LogP contribution in [0.2, 0.25) is 0 Å². The van der Waals surface area contributed by atoms with Crippen molar-refractivity contribution in [1.82, 2.24) is 0 Å². The van der Waals surface area contributed by atoms with Gasteiger partial charge < -0.3 is 15.2 Å². The van der Waals surface area contributed by atoms with Crippen LogP contribution < -0.4 is 10.5 Å². The summed E-state index contributed by atoms with van der Waals surface area (Å²) in [6, 6.07) is 5.00. The van der Waals surface area contributed by atoms with Crippen molar-refractivity contribution in [2.75, 3.05) is 12.3 Å². The summed E-state index contributed by atoms with van der Waals surface area (Å²) in [7, 11) is 0. The van der Waals surface area contributed by atoms with Gasteiger partial charge in [0, 0.05) is 0 Å². The summed E-state index contributed by atoms with van der Waals surface area (Å²) in [5.41, 5.74) is 6.89. The maximum Gasteiger partial charge on any atom is 0.338 e. The van der Waals surface area contributed by atoms with Gasteiger partial charge in [-0.1, -0.05) is 32.6 Å². The molecular formula is C17H27NO3. The number of anilines is 1. The van der Waals surface area contributed by atoms with Crippen LogP contribution in [-0.4, -0.2) is 18.7 Å². The van der Waals surface area contributed by atoms with Crippen LogP contribution in [0.25, 0.3) is 0 Å². The van der Waals surface area contributed by atoms with Crippen molar-refractivity contribution < 1.29 is 14.3 Å². The maximum absolute atomic E-state index is 11.8. The highest BCUT2D eigenvalue weighted by Gasteiger charge is 2.12. The number of unbranched alkanes of at least 4 members (excludes halogenated alkanes) is 4. The topological polar surface area (TPSA) is 61.5 Å². The highest BCUT2D eigenvalue weighted by Crippen LogP contribution is 2.24. The summed E-state index contributed by atoms with van der Waals surface area (Å²) in [5.74, 6) is 0.210. The Labute approximate surface area is 127 Å².